The van der Waals surface area contributed by atoms with Crippen LogP contribution in [0.5, 0.6) is 5.75 Å². The quantitative estimate of drug-likeness (QED) is 0.585. The molecule has 3 nitrogen and oxygen atoms in total. The Labute approximate surface area is 147 Å². The molecule has 0 saturated heterocycles. The molecule has 1 aromatic heterocycles. The number of halogens is 4. The highest BCUT2D eigenvalue weighted by atomic mass is 35.5. The van der Waals surface area contributed by atoms with Crippen LogP contribution in [0, 0.1) is 0 Å². The SMILES string of the molecule is COc1ccc(-c2nc(CCl)cn2-c2ccc(C(F)(F)F)cc2)cc1. The van der Waals surface area contributed by atoms with Crippen LogP contribution >= 0.6 is 11.6 Å². The van der Waals surface area contributed by atoms with Crippen molar-refractivity contribution in [2.24, 2.45) is 0 Å². The number of hydrogen-bond acceptors (Lipinski definition) is 2. The lowest BCUT2D eigenvalue weighted by Crippen LogP contribution is -2.05. The summed E-state index contributed by atoms with van der Waals surface area (Å²) in [5.41, 5.74) is 1.31. The van der Waals surface area contributed by atoms with E-state index in [0.717, 1.165) is 17.7 Å². The average molecular weight is 367 g/mol. The third-order valence-electron chi connectivity index (χ3n) is 3.71. The van der Waals surface area contributed by atoms with Crippen LogP contribution in [0.3, 0.4) is 0 Å². The van der Waals surface area contributed by atoms with Gasteiger partial charge in [0.2, 0.25) is 0 Å². The maximum atomic E-state index is 12.7. The Morgan fingerprint density at radius 2 is 1.68 bits per heavy atom. The fourth-order valence-electron chi connectivity index (χ4n) is 2.44. The Morgan fingerprint density at radius 3 is 2.20 bits per heavy atom. The second-order valence-corrected chi connectivity index (χ2v) is 5.60. The average Bonchev–Trinajstić information content (AvgIpc) is 3.05. The van der Waals surface area contributed by atoms with E-state index in [9.17, 15) is 13.2 Å². The summed E-state index contributed by atoms with van der Waals surface area (Å²) in [6.45, 7) is 0. The van der Waals surface area contributed by atoms with E-state index in [-0.39, 0.29) is 5.88 Å². The van der Waals surface area contributed by atoms with E-state index in [4.69, 9.17) is 16.3 Å². The Hall–Kier alpha value is -2.47. The van der Waals surface area contributed by atoms with Crippen molar-refractivity contribution in [3.05, 3.63) is 66.0 Å². The van der Waals surface area contributed by atoms with Gasteiger partial charge in [-0.3, -0.25) is 4.57 Å². The van der Waals surface area contributed by atoms with Gasteiger partial charge in [0.1, 0.15) is 11.6 Å². The second-order valence-electron chi connectivity index (χ2n) is 5.33. The van der Waals surface area contributed by atoms with Gasteiger partial charge < -0.3 is 4.74 Å². The van der Waals surface area contributed by atoms with E-state index in [0.29, 0.717) is 23.0 Å². The Balaban J connectivity index is 2.05. The summed E-state index contributed by atoms with van der Waals surface area (Å²) in [6.07, 6.45) is -2.65. The highest BCUT2D eigenvalue weighted by Crippen LogP contribution is 2.31. The third-order valence-corrected chi connectivity index (χ3v) is 3.99. The molecule has 0 spiro atoms. The molecule has 1 heterocycles. The smallest absolute Gasteiger partial charge is 0.416 e. The molecule has 0 aliphatic rings. The third kappa shape index (κ3) is 3.64. The zero-order valence-electron chi connectivity index (χ0n) is 13.2. The van der Waals surface area contributed by atoms with Crippen LogP contribution in [-0.4, -0.2) is 16.7 Å². The van der Waals surface area contributed by atoms with E-state index in [1.165, 1.54) is 12.1 Å². The van der Waals surface area contributed by atoms with Gasteiger partial charge in [0.15, 0.2) is 0 Å². The maximum absolute atomic E-state index is 12.7. The Bertz CT molecular complexity index is 856. The summed E-state index contributed by atoms with van der Waals surface area (Å²) in [7, 11) is 1.57. The zero-order valence-corrected chi connectivity index (χ0v) is 14.0. The first-order chi connectivity index (χ1) is 11.9. The van der Waals surface area contributed by atoms with E-state index >= 15 is 0 Å². The lowest BCUT2D eigenvalue weighted by Gasteiger charge is -2.11. The lowest BCUT2D eigenvalue weighted by molar-refractivity contribution is -0.137. The van der Waals surface area contributed by atoms with Gasteiger partial charge in [0.05, 0.1) is 24.2 Å². The normalized spacial score (nSPS) is 11.6. The molecule has 130 valence electrons. The van der Waals surface area contributed by atoms with Crippen LogP contribution < -0.4 is 4.74 Å². The highest BCUT2D eigenvalue weighted by molar-refractivity contribution is 6.16. The Kier molecular flexibility index (Phi) is 4.72. The lowest BCUT2D eigenvalue weighted by atomic mass is 10.1. The Morgan fingerprint density at radius 1 is 1.04 bits per heavy atom. The first-order valence-corrected chi connectivity index (χ1v) is 7.92. The summed E-state index contributed by atoms with van der Waals surface area (Å²) >= 11 is 5.88. The minimum Gasteiger partial charge on any atom is -0.497 e. The number of benzene rings is 2. The number of aromatic nitrogens is 2. The maximum Gasteiger partial charge on any atom is 0.416 e. The van der Waals surface area contributed by atoms with Gasteiger partial charge in [-0.15, -0.1) is 11.6 Å². The van der Waals surface area contributed by atoms with Crippen LogP contribution in [-0.2, 0) is 12.1 Å². The topological polar surface area (TPSA) is 27.1 Å². The monoisotopic (exact) mass is 366 g/mol. The summed E-state index contributed by atoms with van der Waals surface area (Å²) < 4.78 is 45.1. The minimum absolute atomic E-state index is 0.205. The van der Waals surface area contributed by atoms with E-state index in [2.05, 4.69) is 4.98 Å². The minimum atomic E-state index is -4.37. The highest BCUT2D eigenvalue weighted by Gasteiger charge is 2.30. The number of methoxy groups -OCH3 is 1. The summed E-state index contributed by atoms with van der Waals surface area (Å²) in [5.74, 6) is 1.50. The van der Waals surface area contributed by atoms with Crippen LogP contribution in [0.2, 0.25) is 0 Å². The molecule has 0 atom stereocenters. The van der Waals surface area contributed by atoms with Crippen molar-refractivity contribution in [1.29, 1.82) is 0 Å². The molecule has 0 bridgehead atoms. The molecule has 2 aromatic carbocycles. The van der Waals surface area contributed by atoms with Gasteiger partial charge in [-0.1, -0.05) is 0 Å². The fourth-order valence-corrected chi connectivity index (χ4v) is 2.57. The second kappa shape index (κ2) is 6.80. The van der Waals surface area contributed by atoms with Crippen molar-refractivity contribution in [2.75, 3.05) is 7.11 Å². The van der Waals surface area contributed by atoms with Crippen LogP contribution in [0.1, 0.15) is 11.3 Å². The number of ether oxygens (including phenoxy) is 1. The molecule has 25 heavy (non-hydrogen) atoms. The standard InChI is InChI=1S/C18H14ClF3N2O/c1-25-16-8-2-12(3-9-16)17-23-14(10-19)11-24(17)15-6-4-13(5-7-15)18(20,21)22/h2-9,11H,10H2,1H3. The van der Waals surface area contributed by atoms with Crippen molar-refractivity contribution >= 4 is 11.6 Å². The molecule has 0 N–H and O–H groups in total. The summed E-state index contributed by atoms with van der Waals surface area (Å²) in [6, 6.07) is 12.2. The first-order valence-electron chi connectivity index (χ1n) is 7.38. The predicted octanol–water partition coefficient (Wildman–Crippen LogP) is 5.31. The van der Waals surface area contributed by atoms with Gasteiger partial charge in [-0.2, -0.15) is 13.2 Å². The molecule has 0 aliphatic carbocycles. The van der Waals surface area contributed by atoms with Crippen molar-refractivity contribution in [3.8, 4) is 22.8 Å². The van der Waals surface area contributed by atoms with Crippen molar-refractivity contribution in [3.63, 3.8) is 0 Å². The molecule has 3 aromatic rings. The van der Waals surface area contributed by atoms with Crippen LogP contribution in [0.25, 0.3) is 17.1 Å². The summed E-state index contributed by atoms with van der Waals surface area (Å²) in [4.78, 5) is 4.47. The molecule has 0 fully saturated rings. The number of nitrogens with zero attached hydrogens (tertiary/aromatic N) is 2. The number of imidazole rings is 1. The van der Waals surface area contributed by atoms with E-state index in [1.807, 2.05) is 12.1 Å². The van der Waals surface area contributed by atoms with Gasteiger partial charge >= 0.3 is 6.18 Å². The van der Waals surface area contributed by atoms with Gasteiger partial charge in [0, 0.05) is 17.4 Å². The number of rotatable bonds is 4. The number of hydrogen-bond donors (Lipinski definition) is 0. The zero-order chi connectivity index (χ0) is 18.0. The molecule has 0 saturated carbocycles. The molecular weight excluding hydrogens is 353 g/mol. The van der Waals surface area contributed by atoms with Crippen molar-refractivity contribution < 1.29 is 17.9 Å². The molecule has 0 aliphatic heterocycles. The molecule has 7 heteroatoms. The van der Waals surface area contributed by atoms with Crippen molar-refractivity contribution in [2.45, 2.75) is 12.1 Å². The fraction of sp³-hybridized carbons (Fsp3) is 0.167. The molecule has 3 rings (SSSR count). The first kappa shape index (κ1) is 17.4. The number of alkyl halides is 4. The molecule has 0 radical (unpaired) electrons. The summed E-state index contributed by atoms with van der Waals surface area (Å²) in [5, 5.41) is 0. The van der Waals surface area contributed by atoms with Crippen molar-refractivity contribution in [1.82, 2.24) is 9.55 Å². The molecule has 0 amide bonds. The molecular formula is C18H14ClF3N2O. The largest absolute Gasteiger partial charge is 0.497 e. The predicted molar refractivity (Wildman–Crippen MR) is 90.1 cm³/mol. The van der Waals surface area contributed by atoms with Gasteiger partial charge in [-0.25, -0.2) is 4.98 Å². The van der Waals surface area contributed by atoms with Gasteiger partial charge in [0.25, 0.3) is 0 Å². The van der Waals surface area contributed by atoms with E-state index in [1.54, 1.807) is 30.0 Å². The van der Waals surface area contributed by atoms with E-state index < -0.39 is 11.7 Å². The van der Waals surface area contributed by atoms with Crippen LogP contribution in [0.15, 0.2) is 54.7 Å². The van der Waals surface area contributed by atoms with Gasteiger partial charge in [-0.05, 0) is 48.5 Å². The molecule has 0 unspecified atom stereocenters. The van der Waals surface area contributed by atoms with Crippen LogP contribution in [0.4, 0.5) is 13.2 Å².